The number of aromatic nitrogens is 3. The maximum absolute atomic E-state index is 14.5. The van der Waals surface area contributed by atoms with Crippen LogP contribution in [-0.4, -0.2) is 21.0 Å². The van der Waals surface area contributed by atoms with E-state index in [9.17, 15) is 13.6 Å². The molecule has 0 aliphatic rings. The monoisotopic (exact) mass is 440 g/mol. The Morgan fingerprint density at radius 1 is 1.16 bits per heavy atom. The summed E-state index contributed by atoms with van der Waals surface area (Å²) in [7, 11) is 0. The highest BCUT2D eigenvalue weighted by atomic mass is 35.5. The van der Waals surface area contributed by atoms with Gasteiger partial charge in [-0.3, -0.25) is 10.1 Å². The van der Waals surface area contributed by atoms with Gasteiger partial charge >= 0.3 is 0 Å². The average Bonchev–Trinajstić information content (AvgIpc) is 3.15. The van der Waals surface area contributed by atoms with Crippen LogP contribution < -0.4 is 5.32 Å². The van der Waals surface area contributed by atoms with E-state index < -0.39 is 17.5 Å². The van der Waals surface area contributed by atoms with Crippen LogP contribution in [-0.2, 0) is 11.2 Å². The molecule has 0 unspecified atom stereocenters. The molecule has 0 bridgehead atoms. The number of carbonyl (C=O) groups is 1. The molecule has 9 heteroatoms. The van der Waals surface area contributed by atoms with E-state index in [0.29, 0.717) is 16.8 Å². The van der Waals surface area contributed by atoms with Crippen molar-refractivity contribution in [3.8, 4) is 22.5 Å². The quantitative estimate of drug-likeness (QED) is 0.460. The molecule has 0 atom stereocenters. The van der Waals surface area contributed by atoms with Crippen LogP contribution in [0.4, 0.5) is 14.7 Å². The van der Waals surface area contributed by atoms with E-state index in [1.807, 2.05) is 6.92 Å². The van der Waals surface area contributed by atoms with Crippen LogP contribution in [0.1, 0.15) is 11.1 Å². The lowest BCUT2D eigenvalue weighted by Crippen LogP contribution is -2.15. The summed E-state index contributed by atoms with van der Waals surface area (Å²) < 4.78 is 33.1. The summed E-state index contributed by atoms with van der Waals surface area (Å²) in [5.41, 5.74) is 2.36. The van der Waals surface area contributed by atoms with Crippen LogP contribution in [0.15, 0.2) is 59.5 Å². The van der Waals surface area contributed by atoms with E-state index in [0.717, 1.165) is 11.6 Å². The van der Waals surface area contributed by atoms with Crippen LogP contribution in [0.2, 0.25) is 5.02 Å². The zero-order valence-electron chi connectivity index (χ0n) is 16.2. The second kappa shape index (κ2) is 8.61. The van der Waals surface area contributed by atoms with Crippen molar-refractivity contribution in [3.63, 3.8) is 0 Å². The van der Waals surface area contributed by atoms with E-state index in [4.69, 9.17) is 16.1 Å². The molecule has 0 aliphatic heterocycles. The minimum Gasteiger partial charge on any atom is -0.337 e. The molecule has 0 saturated carbocycles. The molecule has 4 aromatic rings. The van der Waals surface area contributed by atoms with Crippen LogP contribution in [0, 0.1) is 18.6 Å². The smallest absolute Gasteiger partial charge is 0.241 e. The van der Waals surface area contributed by atoms with Crippen molar-refractivity contribution in [2.24, 2.45) is 0 Å². The number of carbonyl (C=O) groups excluding carboxylic acids is 1. The summed E-state index contributed by atoms with van der Waals surface area (Å²) in [6, 6.07) is 9.96. The average molecular weight is 441 g/mol. The van der Waals surface area contributed by atoms with Crippen LogP contribution in [0.25, 0.3) is 22.5 Å². The molecule has 0 fully saturated rings. The number of amides is 1. The van der Waals surface area contributed by atoms with Crippen molar-refractivity contribution in [2.75, 3.05) is 5.32 Å². The molecular formula is C22H15ClF2N4O2. The lowest BCUT2D eigenvalue weighted by Gasteiger charge is -2.07. The number of benzene rings is 2. The Morgan fingerprint density at radius 2 is 2.00 bits per heavy atom. The van der Waals surface area contributed by atoms with Crippen molar-refractivity contribution < 1.29 is 18.1 Å². The van der Waals surface area contributed by atoms with Gasteiger partial charge in [0.2, 0.25) is 11.8 Å². The van der Waals surface area contributed by atoms with Crippen molar-refractivity contribution in [2.45, 2.75) is 13.3 Å². The van der Waals surface area contributed by atoms with Crippen LogP contribution in [0.5, 0.6) is 0 Å². The maximum atomic E-state index is 14.5. The highest BCUT2D eigenvalue weighted by Crippen LogP contribution is 2.38. The fraction of sp³-hybridized carbons (Fsp3) is 0.0909. The van der Waals surface area contributed by atoms with Gasteiger partial charge in [-0.1, -0.05) is 34.5 Å². The zero-order valence-corrected chi connectivity index (χ0v) is 17.0. The molecule has 2 aromatic heterocycles. The zero-order chi connectivity index (χ0) is 22.0. The van der Waals surface area contributed by atoms with Gasteiger partial charge in [-0.05, 0) is 42.8 Å². The second-order valence-corrected chi connectivity index (χ2v) is 7.18. The van der Waals surface area contributed by atoms with Gasteiger partial charge < -0.3 is 4.52 Å². The minimum absolute atomic E-state index is 0.00200. The molecule has 31 heavy (non-hydrogen) atoms. The SMILES string of the molecule is Cc1ccc(F)c(-c2noc(NC(=O)Cc3ccc(F)cc3Cl)c2-c2ccncn2)c1. The number of halogens is 3. The van der Waals surface area contributed by atoms with Crippen molar-refractivity contribution >= 4 is 23.4 Å². The Labute approximate surface area is 180 Å². The van der Waals surface area contributed by atoms with Gasteiger partial charge in [-0.25, -0.2) is 18.7 Å². The summed E-state index contributed by atoms with van der Waals surface area (Å²) in [4.78, 5) is 20.7. The molecule has 156 valence electrons. The molecular weight excluding hydrogens is 426 g/mol. The van der Waals surface area contributed by atoms with Gasteiger partial charge in [0.1, 0.15) is 23.7 Å². The first-order valence-electron chi connectivity index (χ1n) is 9.18. The first kappa shape index (κ1) is 20.6. The first-order chi connectivity index (χ1) is 14.9. The Bertz CT molecular complexity index is 1260. The van der Waals surface area contributed by atoms with E-state index in [1.165, 1.54) is 30.7 Å². The Balaban J connectivity index is 1.72. The summed E-state index contributed by atoms with van der Waals surface area (Å²) in [5.74, 6) is -1.47. The van der Waals surface area contributed by atoms with Crippen LogP contribution in [0.3, 0.4) is 0 Å². The van der Waals surface area contributed by atoms with E-state index >= 15 is 0 Å². The van der Waals surface area contributed by atoms with E-state index in [-0.39, 0.29) is 28.6 Å². The molecule has 2 heterocycles. The molecule has 0 aliphatic carbocycles. The van der Waals surface area contributed by atoms with Gasteiger partial charge in [0, 0.05) is 16.8 Å². The maximum Gasteiger partial charge on any atom is 0.241 e. The third-order valence-electron chi connectivity index (χ3n) is 4.53. The summed E-state index contributed by atoms with van der Waals surface area (Å²) in [6.45, 7) is 1.82. The molecule has 0 radical (unpaired) electrons. The van der Waals surface area contributed by atoms with Crippen molar-refractivity contribution in [3.05, 3.63) is 82.8 Å². The molecule has 1 N–H and O–H groups in total. The topological polar surface area (TPSA) is 80.9 Å². The number of hydrogen-bond donors (Lipinski definition) is 1. The largest absolute Gasteiger partial charge is 0.337 e. The summed E-state index contributed by atoms with van der Waals surface area (Å²) >= 11 is 6.01. The first-order valence-corrected chi connectivity index (χ1v) is 9.56. The van der Waals surface area contributed by atoms with Gasteiger partial charge in [-0.2, -0.15) is 0 Å². The summed E-state index contributed by atoms with van der Waals surface area (Å²) in [5, 5.41) is 6.74. The van der Waals surface area contributed by atoms with Crippen molar-refractivity contribution in [1.29, 1.82) is 0 Å². The number of nitrogens with one attached hydrogen (secondary N) is 1. The minimum atomic E-state index is -0.500. The number of aryl methyl sites for hydroxylation is 1. The van der Waals surface area contributed by atoms with E-state index in [1.54, 1.807) is 18.2 Å². The molecule has 0 saturated heterocycles. The van der Waals surface area contributed by atoms with E-state index in [2.05, 4.69) is 20.4 Å². The molecule has 1 amide bonds. The number of anilines is 1. The Morgan fingerprint density at radius 3 is 2.74 bits per heavy atom. The molecule has 2 aromatic carbocycles. The van der Waals surface area contributed by atoms with Gasteiger partial charge in [0.15, 0.2) is 0 Å². The predicted octanol–water partition coefficient (Wildman–Crippen LogP) is 5.22. The molecule has 6 nitrogen and oxygen atoms in total. The standard InChI is InChI=1S/C22H15ClF2N4O2/c1-12-2-5-17(25)15(8-12)21-20(18-6-7-26-11-27-18)22(31-29-21)28-19(30)9-13-3-4-14(24)10-16(13)23/h2-8,10-11H,9H2,1H3,(H,28,30). The third kappa shape index (κ3) is 4.44. The Kier molecular flexibility index (Phi) is 5.73. The fourth-order valence-corrected chi connectivity index (χ4v) is 3.30. The fourth-order valence-electron chi connectivity index (χ4n) is 3.06. The second-order valence-electron chi connectivity index (χ2n) is 6.77. The highest BCUT2D eigenvalue weighted by Gasteiger charge is 2.24. The third-order valence-corrected chi connectivity index (χ3v) is 4.88. The lowest BCUT2D eigenvalue weighted by atomic mass is 10.0. The predicted molar refractivity (Wildman–Crippen MR) is 111 cm³/mol. The summed E-state index contributed by atoms with van der Waals surface area (Å²) in [6.07, 6.45) is 2.70. The number of nitrogens with zero attached hydrogens (tertiary/aromatic N) is 3. The normalized spacial score (nSPS) is 10.8. The van der Waals surface area contributed by atoms with Gasteiger partial charge in [0.25, 0.3) is 0 Å². The van der Waals surface area contributed by atoms with Gasteiger partial charge in [-0.15, -0.1) is 0 Å². The number of hydrogen-bond acceptors (Lipinski definition) is 5. The highest BCUT2D eigenvalue weighted by molar-refractivity contribution is 6.31. The van der Waals surface area contributed by atoms with Crippen molar-refractivity contribution in [1.82, 2.24) is 15.1 Å². The van der Waals surface area contributed by atoms with Crippen LogP contribution >= 0.6 is 11.6 Å². The molecule has 4 rings (SSSR count). The number of rotatable bonds is 5. The lowest BCUT2D eigenvalue weighted by molar-refractivity contribution is -0.115. The van der Waals surface area contributed by atoms with Gasteiger partial charge in [0.05, 0.1) is 17.7 Å². The molecule has 0 spiro atoms. The Hall–Kier alpha value is -3.65.